The maximum absolute atomic E-state index is 12.3. The van der Waals surface area contributed by atoms with E-state index < -0.39 is 5.97 Å². The number of H-pyrrole nitrogens is 2. The van der Waals surface area contributed by atoms with Gasteiger partial charge in [0.25, 0.3) is 0 Å². The summed E-state index contributed by atoms with van der Waals surface area (Å²) in [4.78, 5) is 19.5. The maximum Gasteiger partial charge on any atom is 0.342 e. The quantitative estimate of drug-likeness (QED) is 0.469. The SMILES string of the molecule is COC(=O)c1c(Oc2cccc(-c3ncc(CO)[nH]3)c2)ccc2[nH]ncc12. The van der Waals surface area contributed by atoms with E-state index >= 15 is 0 Å². The molecule has 27 heavy (non-hydrogen) atoms. The molecule has 4 aromatic rings. The monoisotopic (exact) mass is 364 g/mol. The summed E-state index contributed by atoms with van der Waals surface area (Å²) in [6.07, 6.45) is 3.13. The van der Waals surface area contributed by atoms with Gasteiger partial charge >= 0.3 is 5.97 Å². The van der Waals surface area contributed by atoms with Gasteiger partial charge in [-0.05, 0) is 24.3 Å². The van der Waals surface area contributed by atoms with Gasteiger partial charge in [-0.3, -0.25) is 5.10 Å². The Morgan fingerprint density at radius 3 is 2.89 bits per heavy atom. The molecular weight excluding hydrogens is 348 g/mol. The highest BCUT2D eigenvalue weighted by Gasteiger charge is 2.19. The molecule has 0 aliphatic carbocycles. The van der Waals surface area contributed by atoms with Gasteiger partial charge < -0.3 is 19.6 Å². The summed E-state index contributed by atoms with van der Waals surface area (Å²) in [5.41, 5.74) is 2.42. The molecule has 2 aromatic heterocycles. The average Bonchev–Trinajstić information content (AvgIpc) is 3.36. The molecule has 0 bridgehead atoms. The second-order valence-corrected chi connectivity index (χ2v) is 5.81. The number of hydrogen-bond donors (Lipinski definition) is 3. The van der Waals surface area contributed by atoms with Crippen molar-refractivity contribution >= 4 is 16.9 Å². The molecule has 0 saturated heterocycles. The van der Waals surface area contributed by atoms with Crippen LogP contribution in [0.5, 0.6) is 11.5 Å². The van der Waals surface area contributed by atoms with Crippen LogP contribution in [-0.2, 0) is 11.3 Å². The minimum Gasteiger partial charge on any atom is -0.465 e. The predicted molar refractivity (Wildman–Crippen MR) is 97.5 cm³/mol. The highest BCUT2D eigenvalue weighted by Crippen LogP contribution is 2.32. The second kappa shape index (κ2) is 6.93. The molecular formula is C19H16N4O4. The summed E-state index contributed by atoms with van der Waals surface area (Å²) in [6.45, 7) is -0.115. The molecule has 0 aliphatic rings. The van der Waals surface area contributed by atoms with Crippen molar-refractivity contribution in [3.05, 3.63) is 60.0 Å². The molecule has 0 aliphatic heterocycles. The van der Waals surface area contributed by atoms with Crippen LogP contribution >= 0.6 is 0 Å². The Morgan fingerprint density at radius 1 is 1.22 bits per heavy atom. The number of carbonyl (C=O) groups is 1. The van der Waals surface area contributed by atoms with Crippen LogP contribution < -0.4 is 4.74 Å². The molecule has 2 aromatic carbocycles. The first-order valence-electron chi connectivity index (χ1n) is 8.17. The number of aliphatic hydroxyl groups is 1. The Labute approximate surface area is 153 Å². The molecule has 0 fully saturated rings. The van der Waals surface area contributed by atoms with Gasteiger partial charge in [0.15, 0.2) is 0 Å². The van der Waals surface area contributed by atoms with E-state index in [9.17, 15) is 9.90 Å². The number of benzene rings is 2. The number of ether oxygens (including phenoxy) is 2. The largest absolute Gasteiger partial charge is 0.465 e. The normalized spacial score (nSPS) is 10.9. The molecule has 8 heteroatoms. The van der Waals surface area contributed by atoms with E-state index in [0.717, 1.165) is 5.56 Å². The third-order valence-corrected chi connectivity index (χ3v) is 4.11. The van der Waals surface area contributed by atoms with Crippen molar-refractivity contribution in [1.29, 1.82) is 0 Å². The van der Waals surface area contributed by atoms with Gasteiger partial charge in [-0.2, -0.15) is 5.10 Å². The second-order valence-electron chi connectivity index (χ2n) is 5.81. The average molecular weight is 364 g/mol. The lowest BCUT2D eigenvalue weighted by Crippen LogP contribution is -2.04. The summed E-state index contributed by atoms with van der Waals surface area (Å²) in [5, 5.41) is 16.6. The number of imidazole rings is 1. The summed E-state index contributed by atoms with van der Waals surface area (Å²) >= 11 is 0. The van der Waals surface area contributed by atoms with Crippen LogP contribution in [0.4, 0.5) is 0 Å². The van der Waals surface area contributed by atoms with Crippen LogP contribution in [0.25, 0.3) is 22.3 Å². The summed E-state index contributed by atoms with van der Waals surface area (Å²) in [6, 6.07) is 10.7. The predicted octanol–water partition coefficient (Wildman–Crippen LogP) is 3.02. The fraction of sp³-hybridized carbons (Fsp3) is 0.105. The minimum atomic E-state index is -0.508. The molecule has 0 amide bonds. The standard InChI is InChI=1S/C19H16N4O4/c1-26-19(25)17-14-9-21-23-15(14)5-6-16(17)27-13-4-2-3-11(7-13)18-20-8-12(10-24)22-18/h2-9,24H,10H2,1H3,(H,20,22)(H,21,23). The van der Waals surface area contributed by atoms with Crippen molar-refractivity contribution in [2.75, 3.05) is 7.11 Å². The topological polar surface area (TPSA) is 113 Å². The first-order chi connectivity index (χ1) is 13.2. The van der Waals surface area contributed by atoms with E-state index in [1.54, 1.807) is 36.7 Å². The van der Waals surface area contributed by atoms with E-state index in [0.29, 0.717) is 39.5 Å². The lowest BCUT2D eigenvalue weighted by Gasteiger charge is -2.11. The summed E-state index contributed by atoms with van der Waals surface area (Å²) in [5.74, 6) is 1.00. The number of methoxy groups -OCH3 is 1. The third-order valence-electron chi connectivity index (χ3n) is 4.11. The van der Waals surface area contributed by atoms with Crippen molar-refractivity contribution < 1.29 is 19.4 Å². The maximum atomic E-state index is 12.3. The Balaban J connectivity index is 1.72. The van der Waals surface area contributed by atoms with E-state index in [-0.39, 0.29) is 6.61 Å². The van der Waals surface area contributed by atoms with E-state index in [1.165, 1.54) is 7.11 Å². The number of hydrogen-bond acceptors (Lipinski definition) is 6. The molecule has 4 rings (SSSR count). The van der Waals surface area contributed by atoms with Gasteiger partial charge in [0, 0.05) is 10.9 Å². The molecule has 136 valence electrons. The first-order valence-corrected chi connectivity index (χ1v) is 8.17. The molecule has 0 spiro atoms. The molecule has 0 radical (unpaired) electrons. The summed E-state index contributed by atoms with van der Waals surface area (Å²) < 4.78 is 10.9. The first kappa shape index (κ1) is 16.8. The van der Waals surface area contributed by atoms with Gasteiger partial charge in [0.05, 0.1) is 37.3 Å². The molecule has 2 heterocycles. The summed E-state index contributed by atoms with van der Waals surface area (Å²) in [7, 11) is 1.32. The molecule has 0 atom stereocenters. The van der Waals surface area contributed by atoms with Crippen LogP contribution in [0.15, 0.2) is 48.8 Å². The van der Waals surface area contributed by atoms with Crippen LogP contribution in [0.3, 0.4) is 0 Å². The van der Waals surface area contributed by atoms with Crippen LogP contribution in [-0.4, -0.2) is 38.4 Å². The lowest BCUT2D eigenvalue weighted by atomic mass is 10.1. The van der Waals surface area contributed by atoms with E-state index in [1.807, 2.05) is 12.1 Å². The van der Waals surface area contributed by atoms with Crippen LogP contribution in [0.1, 0.15) is 16.1 Å². The van der Waals surface area contributed by atoms with Crippen molar-refractivity contribution in [2.45, 2.75) is 6.61 Å². The zero-order valence-electron chi connectivity index (χ0n) is 14.4. The number of nitrogens with one attached hydrogen (secondary N) is 2. The molecule has 8 nitrogen and oxygen atoms in total. The Bertz CT molecular complexity index is 1120. The number of aromatic nitrogens is 4. The van der Waals surface area contributed by atoms with Gasteiger partial charge in [0.2, 0.25) is 0 Å². The zero-order chi connectivity index (χ0) is 18.8. The van der Waals surface area contributed by atoms with Crippen LogP contribution in [0.2, 0.25) is 0 Å². The number of nitrogens with zero attached hydrogens (tertiary/aromatic N) is 2. The highest BCUT2D eigenvalue weighted by molar-refractivity contribution is 6.06. The van der Waals surface area contributed by atoms with Gasteiger partial charge in [-0.25, -0.2) is 9.78 Å². The Morgan fingerprint density at radius 2 is 2.11 bits per heavy atom. The fourth-order valence-corrected chi connectivity index (χ4v) is 2.82. The van der Waals surface area contributed by atoms with E-state index in [2.05, 4.69) is 20.2 Å². The number of esters is 1. The van der Waals surface area contributed by atoms with Gasteiger partial charge in [0.1, 0.15) is 22.9 Å². The number of fused-ring (bicyclic) bond motifs is 1. The lowest BCUT2D eigenvalue weighted by molar-refractivity contribution is 0.0600. The number of rotatable bonds is 5. The van der Waals surface area contributed by atoms with Gasteiger partial charge in [-0.15, -0.1) is 0 Å². The Hall–Kier alpha value is -3.65. The van der Waals surface area contributed by atoms with Crippen molar-refractivity contribution in [2.24, 2.45) is 0 Å². The minimum absolute atomic E-state index is 0.115. The Kier molecular flexibility index (Phi) is 4.31. The smallest absolute Gasteiger partial charge is 0.342 e. The number of aliphatic hydroxyl groups excluding tert-OH is 1. The fourth-order valence-electron chi connectivity index (χ4n) is 2.82. The highest BCUT2D eigenvalue weighted by atomic mass is 16.5. The number of aromatic amines is 2. The third kappa shape index (κ3) is 3.13. The van der Waals surface area contributed by atoms with Gasteiger partial charge in [-0.1, -0.05) is 12.1 Å². The molecule has 3 N–H and O–H groups in total. The zero-order valence-corrected chi connectivity index (χ0v) is 14.4. The molecule has 0 unspecified atom stereocenters. The van der Waals surface area contributed by atoms with E-state index in [4.69, 9.17) is 9.47 Å². The van der Waals surface area contributed by atoms with Crippen molar-refractivity contribution in [1.82, 2.24) is 20.2 Å². The molecule has 0 saturated carbocycles. The van der Waals surface area contributed by atoms with Crippen LogP contribution in [0, 0.1) is 0 Å². The van der Waals surface area contributed by atoms with Crippen molar-refractivity contribution in [3.8, 4) is 22.9 Å². The number of carbonyl (C=O) groups excluding carboxylic acids is 1. The van der Waals surface area contributed by atoms with Crippen molar-refractivity contribution in [3.63, 3.8) is 0 Å².